The van der Waals surface area contributed by atoms with Gasteiger partial charge in [0.2, 0.25) is 0 Å². The first-order valence-corrected chi connectivity index (χ1v) is 8.24. The summed E-state index contributed by atoms with van der Waals surface area (Å²) in [7, 11) is 0. The molecule has 0 saturated carbocycles. The second kappa shape index (κ2) is 8.89. The summed E-state index contributed by atoms with van der Waals surface area (Å²) in [5, 5.41) is 1.08. The van der Waals surface area contributed by atoms with Crippen molar-refractivity contribution >= 4 is 22.4 Å². The highest BCUT2D eigenvalue weighted by atomic mass is 14.9. The van der Waals surface area contributed by atoms with Gasteiger partial charge in [0.1, 0.15) is 5.82 Å². The Morgan fingerprint density at radius 3 is 2.57 bits per heavy atom. The van der Waals surface area contributed by atoms with Gasteiger partial charge < -0.3 is 16.5 Å². The van der Waals surface area contributed by atoms with Crippen molar-refractivity contribution in [2.75, 3.05) is 5.73 Å². The number of hydrogen-bond donors (Lipinski definition) is 3. The Bertz CT molecular complexity index is 718. The number of nitrogen functional groups attached to an aromatic ring is 1. The Kier molecular flexibility index (Phi) is 7.20. The largest absolute Gasteiger partial charge is 0.399 e. The second-order valence-electron chi connectivity index (χ2n) is 5.13. The summed E-state index contributed by atoms with van der Waals surface area (Å²) >= 11 is 0. The topological polar surface area (TPSA) is 67.8 Å². The number of allylic oxidation sites excluding steroid dienone is 4. The van der Waals surface area contributed by atoms with Crippen molar-refractivity contribution in [3.05, 3.63) is 59.7 Å². The van der Waals surface area contributed by atoms with Crippen molar-refractivity contribution in [3.8, 4) is 0 Å². The van der Waals surface area contributed by atoms with Crippen LogP contribution >= 0.6 is 0 Å². The maximum atomic E-state index is 6.04. The molecule has 1 heterocycles. The van der Waals surface area contributed by atoms with Crippen LogP contribution in [0.2, 0.25) is 0 Å². The Morgan fingerprint density at radius 1 is 1.30 bits per heavy atom. The van der Waals surface area contributed by atoms with Gasteiger partial charge >= 0.3 is 0 Å². The molecule has 0 unspecified atom stereocenters. The van der Waals surface area contributed by atoms with E-state index in [0.29, 0.717) is 11.5 Å². The minimum absolute atomic E-state index is 0.498. The molecule has 0 amide bonds. The van der Waals surface area contributed by atoms with Crippen LogP contribution in [0.15, 0.2) is 48.6 Å². The number of aromatic amines is 1. The fraction of sp³-hybridized carbons (Fsp3) is 0.300. The number of aromatic nitrogens is 1. The molecule has 0 atom stereocenters. The van der Waals surface area contributed by atoms with Crippen molar-refractivity contribution in [1.82, 2.24) is 4.98 Å². The van der Waals surface area contributed by atoms with E-state index in [1.807, 2.05) is 26.0 Å². The van der Waals surface area contributed by atoms with E-state index >= 15 is 0 Å². The van der Waals surface area contributed by atoms with E-state index in [-0.39, 0.29) is 0 Å². The van der Waals surface area contributed by atoms with Crippen LogP contribution in [-0.2, 0) is 6.42 Å². The summed E-state index contributed by atoms with van der Waals surface area (Å²) in [6.45, 7) is 12.0. The van der Waals surface area contributed by atoms with Crippen LogP contribution in [0.5, 0.6) is 0 Å². The summed E-state index contributed by atoms with van der Waals surface area (Å²) in [5.41, 5.74) is 16.8. The lowest BCUT2D eigenvalue weighted by molar-refractivity contribution is 1.17. The highest BCUT2D eigenvalue weighted by Crippen LogP contribution is 2.31. The molecular formula is C20H29N3. The van der Waals surface area contributed by atoms with E-state index in [0.717, 1.165) is 29.3 Å². The molecule has 2 aromatic rings. The number of rotatable bonds is 5. The predicted octanol–water partition coefficient (Wildman–Crippen LogP) is 5.16. The lowest BCUT2D eigenvalue weighted by atomic mass is 9.97. The fourth-order valence-electron chi connectivity index (χ4n) is 2.57. The Morgan fingerprint density at radius 2 is 2.00 bits per heavy atom. The predicted molar refractivity (Wildman–Crippen MR) is 104 cm³/mol. The number of fused-ring (bicyclic) bond motifs is 1. The van der Waals surface area contributed by atoms with Crippen LogP contribution < -0.4 is 11.5 Å². The third-order valence-corrected chi connectivity index (χ3v) is 3.59. The number of hydrogen-bond acceptors (Lipinski definition) is 2. The van der Waals surface area contributed by atoms with E-state index in [9.17, 15) is 0 Å². The molecule has 124 valence electrons. The van der Waals surface area contributed by atoms with Crippen LogP contribution in [-0.4, -0.2) is 4.98 Å². The summed E-state index contributed by atoms with van der Waals surface area (Å²) in [4.78, 5) is 3.18. The second-order valence-corrected chi connectivity index (χ2v) is 5.13. The average Bonchev–Trinajstić information content (AvgIpc) is 2.90. The smallest absolute Gasteiger partial charge is 0.111 e. The maximum Gasteiger partial charge on any atom is 0.111 e. The van der Waals surface area contributed by atoms with Gasteiger partial charge in [0.25, 0.3) is 0 Å². The van der Waals surface area contributed by atoms with Gasteiger partial charge in [0, 0.05) is 22.2 Å². The van der Waals surface area contributed by atoms with Gasteiger partial charge in [0.05, 0.1) is 0 Å². The number of benzene rings is 1. The van der Waals surface area contributed by atoms with Crippen LogP contribution in [0.3, 0.4) is 0 Å². The van der Waals surface area contributed by atoms with Crippen molar-refractivity contribution < 1.29 is 0 Å². The fourth-order valence-corrected chi connectivity index (χ4v) is 2.57. The van der Waals surface area contributed by atoms with Crippen molar-refractivity contribution in [2.45, 2.75) is 40.5 Å². The van der Waals surface area contributed by atoms with Gasteiger partial charge in [-0.1, -0.05) is 57.7 Å². The molecule has 0 spiro atoms. The van der Waals surface area contributed by atoms with Crippen LogP contribution in [0.1, 0.15) is 45.2 Å². The average molecular weight is 311 g/mol. The molecule has 0 aliphatic rings. The minimum atomic E-state index is 0.498. The van der Waals surface area contributed by atoms with Gasteiger partial charge in [-0.15, -0.1) is 0 Å². The maximum absolute atomic E-state index is 6.04. The minimum Gasteiger partial charge on any atom is -0.399 e. The Balaban J connectivity index is 0.00000127. The summed E-state index contributed by atoms with van der Waals surface area (Å²) in [6.07, 6.45) is 8.36. The summed E-state index contributed by atoms with van der Waals surface area (Å²) < 4.78 is 0. The van der Waals surface area contributed by atoms with E-state index in [1.54, 1.807) is 0 Å². The lowest BCUT2D eigenvalue weighted by Crippen LogP contribution is -1.99. The molecular weight excluding hydrogens is 282 g/mol. The molecule has 2 rings (SSSR count). The molecule has 3 heteroatoms. The van der Waals surface area contributed by atoms with Gasteiger partial charge in [-0.25, -0.2) is 0 Å². The standard InChI is InChI=1S/C18H23N3.C2H6/c1-4-6-8-13(5-2)11-14-9-7-10-15-17(14)16(12(3)19)18(20)21-15;1-2/h5-10,21H,3-4,11,19-20H2,1-2H3;1-2H3/b8-6-,13-5+;. The van der Waals surface area contributed by atoms with Crippen LogP contribution in [0.4, 0.5) is 5.82 Å². The van der Waals surface area contributed by atoms with Gasteiger partial charge in [-0.2, -0.15) is 0 Å². The number of anilines is 1. The first-order chi connectivity index (χ1) is 11.1. The molecule has 0 aliphatic carbocycles. The molecule has 5 N–H and O–H groups in total. The normalized spacial score (nSPS) is 11.6. The number of nitrogens with two attached hydrogens (primary N) is 2. The molecule has 0 aliphatic heterocycles. The monoisotopic (exact) mass is 311 g/mol. The lowest BCUT2D eigenvalue weighted by Gasteiger charge is -2.07. The van der Waals surface area contributed by atoms with Gasteiger partial charge in [0.15, 0.2) is 0 Å². The van der Waals surface area contributed by atoms with Crippen molar-refractivity contribution in [1.29, 1.82) is 0 Å². The molecule has 0 bridgehead atoms. The van der Waals surface area contributed by atoms with E-state index < -0.39 is 0 Å². The molecule has 23 heavy (non-hydrogen) atoms. The SMILES string of the molecule is C=C(N)c1c(N)[nH]c2cccc(CC(/C=C\CC)=C/C)c12.CC. The van der Waals surface area contributed by atoms with Crippen molar-refractivity contribution in [2.24, 2.45) is 5.73 Å². The first-order valence-electron chi connectivity index (χ1n) is 8.24. The van der Waals surface area contributed by atoms with Gasteiger partial charge in [-0.05, 0) is 37.0 Å². The van der Waals surface area contributed by atoms with E-state index in [4.69, 9.17) is 11.5 Å². The quantitative estimate of drug-likeness (QED) is 0.667. The molecule has 0 saturated heterocycles. The summed E-state index contributed by atoms with van der Waals surface area (Å²) in [6, 6.07) is 6.16. The zero-order valence-corrected chi connectivity index (χ0v) is 14.7. The third kappa shape index (κ3) is 4.28. The Hall–Kier alpha value is -2.42. The number of H-pyrrole nitrogens is 1. The molecule has 1 aromatic heterocycles. The third-order valence-electron chi connectivity index (χ3n) is 3.59. The van der Waals surface area contributed by atoms with E-state index in [2.05, 4.69) is 49.7 Å². The zero-order chi connectivity index (χ0) is 17.4. The van der Waals surface area contributed by atoms with Crippen molar-refractivity contribution in [3.63, 3.8) is 0 Å². The number of nitrogens with one attached hydrogen (secondary N) is 1. The molecule has 3 nitrogen and oxygen atoms in total. The van der Waals surface area contributed by atoms with E-state index in [1.165, 1.54) is 11.1 Å². The zero-order valence-electron chi connectivity index (χ0n) is 14.7. The Labute approximate surface area is 139 Å². The molecule has 1 aromatic carbocycles. The molecule has 0 radical (unpaired) electrons. The highest BCUT2D eigenvalue weighted by molar-refractivity contribution is 5.99. The first kappa shape index (κ1) is 18.6. The molecule has 0 fully saturated rings. The van der Waals surface area contributed by atoms with Crippen LogP contribution in [0, 0.1) is 0 Å². The van der Waals surface area contributed by atoms with Crippen LogP contribution in [0.25, 0.3) is 16.6 Å². The summed E-state index contributed by atoms with van der Waals surface area (Å²) in [5.74, 6) is 0.580. The van der Waals surface area contributed by atoms with Gasteiger partial charge in [-0.3, -0.25) is 0 Å². The highest BCUT2D eigenvalue weighted by Gasteiger charge is 2.14.